The van der Waals surface area contributed by atoms with E-state index in [1.54, 1.807) is 4.90 Å². The highest BCUT2D eigenvalue weighted by Crippen LogP contribution is 2.19. The van der Waals surface area contributed by atoms with Crippen LogP contribution < -0.4 is 5.32 Å². The molecule has 0 aliphatic heterocycles. The van der Waals surface area contributed by atoms with E-state index in [0.29, 0.717) is 25.4 Å². The molecule has 3 rings (SSSR count). The normalized spacial score (nSPS) is 11.8. The number of carbonyl (C=O) groups is 2. The van der Waals surface area contributed by atoms with Gasteiger partial charge in [0.15, 0.2) is 0 Å². The second-order valence-corrected chi connectivity index (χ2v) is 10.1. The van der Waals surface area contributed by atoms with Gasteiger partial charge in [-0.2, -0.15) is 0 Å². The zero-order chi connectivity index (χ0) is 24.5. The first kappa shape index (κ1) is 25.7. The van der Waals surface area contributed by atoms with Gasteiger partial charge in [0.2, 0.25) is 11.8 Å². The van der Waals surface area contributed by atoms with Gasteiger partial charge in [0.25, 0.3) is 0 Å². The minimum Gasteiger partial charge on any atom is -0.354 e. The third kappa shape index (κ3) is 7.84. The van der Waals surface area contributed by atoms with E-state index in [1.807, 2.05) is 85.8 Å². The van der Waals surface area contributed by atoms with Gasteiger partial charge in [-0.15, -0.1) is 0 Å². The summed E-state index contributed by atoms with van der Waals surface area (Å²) in [5, 5.41) is 3.07. The Balaban J connectivity index is 1.96. The molecule has 0 radical (unpaired) electrons. The van der Waals surface area contributed by atoms with Crippen LogP contribution in [-0.4, -0.2) is 29.3 Å². The highest BCUT2D eigenvalue weighted by molar-refractivity contribution is 9.10. The molecule has 0 saturated carbocycles. The van der Waals surface area contributed by atoms with Crippen LogP contribution in [0.3, 0.4) is 0 Å². The molecule has 4 nitrogen and oxygen atoms in total. The minimum atomic E-state index is -0.613. The number of hydrogen-bond acceptors (Lipinski definition) is 2. The van der Waals surface area contributed by atoms with Crippen LogP contribution in [0.2, 0.25) is 0 Å². The van der Waals surface area contributed by atoms with Crippen molar-refractivity contribution in [3.63, 3.8) is 0 Å². The van der Waals surface area contributed by atoms with Crippen molar-refractivity contribution in [2.75, 3.05) is 6.54 Å². The van der Waals surface area contributed by atoms with Crippen molar-refractivity contribution in [2.45, 2.75) is 46.2 Å². The van der Waals surface area contributed by atoms with Crippen molar-refractivity contribution < 1.29 is 9.59 Å². The first-order valence-electron chi connectivity index (χ1n) is 11.7. The number of benzene rings is 3. The molecule has 1 N–H and O–H groups in total. The Bertz CT molecular complexity index is 1100. The third-order valence-corrected chi connectivity index (χ3v) is 6.13. The van der Waals surface area contributed by atoms with E-state index in [2.05, 4.69) is 35.1 Å². The molecule has 0 aromatic heterocycles. The molecule has 0 spiro atoms. The number of hydrogen-bond donors (Lipinski definition) is 1. The van der Waals surface area contributed by atoms with Crippen molar-refractivity contribution in [1.29, 1.82) is 0 Å². The fraction of sp³-hybridized carbons (Fsp3) is 0.310. The summed E-state index contributed by atoms with van der Waals surface area (Å²) in [6, 6.07) is 25.2. The summed E-state index contributed by atoms with van der Waals surface area (Å²) in [6.07, 6.45) is 0.705. The summed E-state index contributed by atoms with van der Waals surface area (Å²) in [5.41, 5.74) is 4.06. The van der Waals surface area contributed by atoms with Crippen molar-refractivity contribution in [3.05, 3.63) is 106 Å². The lowest BCUT2D eigenvalue weighted by molar-refractivity contribution is -0.140. The van der Waals surface area contributed by atoms with Gasteiger partial charge in [-0.25, -0.2) is 0 Å². The Labute approximate surface area is 211 Å². The minimum absolute atomic E-state index is 0.0637. The molecular formula is C29H33BrN2O2. The predicted molar refractivity (Wildman–Crippen MR) is 141 cm³/mol. The topological polar surface area (TPSA) is 49.4 Å². The first-order valence-corrected chi connectivity index (χ1v) is 12.5. The zero-order valence-corrected chi connectivity index (χ0v) is 21.7. The Morgan fingerprint density at radius 3 is 2.24 bits per heavy atom. The van der Waals surface area contributed by atoms with Gasteiger partial charge in [0.1, 0.15) is 6.04 Å². The average Bonchev–Trinajstić information content (AvgIpc) is 2.80. The van der Waals surface area contributed by atoms with Gasteiger partial charge in [-0.05, 0) is 41.7 Å². The van der Waals surface area contributed by atoms with Crippen LogP contribution in [-0.2, 0) is 29.0 Å². The first-order chi connectivity index (χ1) is 16.3. The van der Waals surface area contributed by atoms with Gasteiger partial charge in [0, 0.05) is 24.0 Å². The second kappa shape index (κ2) is 12.5. The number of nitrogens with zero attached hydrogens (tertiary/aromatic N) is 1. The molecule has 0 unspecified atom stereocenters. The van der Waals surface area contributed by atoms with Crippen LogP contribution in [0.5, 0.6) is 0 Å². The number of halogens is 1. The molecule has 34 heavy (non-hydrogen) atoms. The molecule has 0 heterocycles. The Morgan fingerprint density at radius 1 is 0.882 bits per heavy atom. The largest absolute Gasteiger partial charge is 0.354 e. The van der Waals surface area contributed by atoms with Crippen LogP contribution in [0.15, 0.2) is 83.3 Å². The number of nitrogens with one attached hydrogen (secondary N) is 1. The Hall–Kier alpha value is -2.92. The number of aryl methyl sites for hydroxylation is 1. The van der Waals surface area contributed by atoms with Crippen LogP contribution >= 0.6 is 15.9 Å². The number of carbonyl (C=O) groups excluding carboxylic acids is 2. The molecule has 0 bridgehead atoms. The Kier molecular flexibility index (Phi) is 9.46. The highest BCUT2D eigenvalue weighted by atomic mass is 79.9. The molecule has 178 valence electrons. The molecule has 1 atom stereocenters. The van der Waals surface area contributed by atoms with Gasteiger partial charge in [-0.3, -0.25) is 9.59 Å². The summed E-state index contributed by atoms with van der Waals surface area (Å²) in [6.45, 7) is 7.08. The van der Waals surface area contributed by atoms with Crippen LogP contribution in [0.25, 0.3) is 0 Å². The number of rotatable bonds is 10. The van der Waals surface area contributed by atoms with Gasteiger partial charge < -0.3 is 10.2 Å². The SMILES string of the molecule is Cc1cccc(CC(=O)N(Cc2cccc(Br)c2)[C@H](Cc2ccccc2)C(=O)NCC(C)C)c1. The fourth-order valence-corrected chi connectivity index (χ4v) is 4.35. The van der Waals surface area contributed by atoms with E-state index >= 15 is 0 Å². The van der Waals surface area contributed by atoms with Gasteiger partial charge in [-0.1, -0.05) is 102 Å². The van der Waals surface area contributed by atoms with Crippen molar-refractivity contribution in [2.24, 2.45) is 5.92 Å². The van der Waals surface area contributed by atoms with Gasteiger partial charge in [0.05, 0.1) is 6.42 Å². The van der Waals surface area contributed by atoms with E-state index in [1.165, 1.54) is 0 Å². The maximum Gasteiger partial charge on any atom is 0.243 e. The van der Waals surface area contributed by atoms with Crippen LogP contribution in [0.1, 0.15) is 36.1 Å². The lowest BCUT2D eigenvalue weighted by Gasteiger charge is -2.32. The van der Waals surface area contributed by atoms with E-state index < -0.39 is 6.04 Å². The summed E-state index contributed by atoms with van der Waals surface area (Å²) < 4.78 is 0.944. The molecule has 2 amide bonds. The molecule has 0 aliphatic carbocycles. The summed E-state index contributed by atoms with van der Waals surface area (Å²) in [5.74, 6) is 0.138. The molecule has 0 saturated heterocycles. The van der Waals surface area contributed by atoms with Crippen molar-refractivity contribution in [3.8, 4) is 0 Å². The molecular weight excluding hydrogens is 488 g/mol. The van der Waals surface area contributed by atoms with Crippen LogP contribution in [0, 0.1) is 12.8 Å². The van der Waals surface area contributed by atoms with E-state index in [4.69, 9.17) is 0 Å². The fourth-order valence-electron chi connectivity index (χ4n) is 3.91. The van der Waals surface area contributed by atoms with Crippen molar-refractivity contribution in [1.82, 2.24) is 10.2 Å². The van der Waals surface area contributed by atoms with Crippen LogP contribution in [0.4, 0.5) is 0 Å². The summed E-state index contributed by atoms with van der Waals surface area (Å²) >= 11 is 3.53. The molecule has 3 aromatic rings. The van der Waals surface area contributed by atoms with Crippen molar-refractivity contribution >= 4 is 27.7 Å². The molecule has 3 aromatic carbocycles. The molecule has 0 fully saturated rings. The zero-order valence-electron chi connectivity index (χ0n) is 20.1. The predicted octanol–water partition coefficient (Wildman–Crippen LogP) is 5.71. The smallest absolute Gasteiger partial charge is 0.243 e. The maximum atomic E-state index is 13.7. The van der Waals surface area contributed by atoms with E-state index in [9.17, 15) is 9.59 Å². The van der Waals surface area contributed by atoms with Gasteiger partial charge >= 0.3 is 0 Å². The monoisotopic (exact) mass is 520 g/mol. The Morgan fingerprint density at radius 2 is 1.56 bits per heavy atom. The second-order valence-electron chi connectivity index (χ2n) is 9.16. The third-order valence-electron chi connectivity index (χ3n) is 5.64. The average molecular weight is 521 g/mol. The van der Waals surface area contributed by atoms with E-state index in [0.717, 1.165) is 26.7 Å². The maximum absolute atomic E-state index is 13.7. The molecule has 0 aliphatic rings. The lowest BCUT2D eigenvalue weighted by Crippen LogP contribution is -2.51. The number of amides is 2. The van der Waals surface area contributed by atoms with E-state index in [-0.39, 0.29) is 18.2 Å². The lowest BCUT2D eigenvalue weighted by atomic mass is 10.0. The quantitative estimate of drug-likeness (QED) is 0.372. The molecule has 5 heteroatoms. The summed E-state index contributed by atoms with van der Waals surface area (Å²) in [4.78, 5) is 28.9. The standard InChI is InChI=1S/C29H33BrN2O2/c1-21(2)19-31-29(34)27(17-23-10-5-4-6-11-23)32(20-25-13-8-14-26(30)16-25)28(33)18-24-12-7-9-22(3)15-24/h4-16,21,27H,17-20H2,1-3H3,(H,31,34)/t27-/m1/s1. The summed E-state index contributed by atoms with van der Waals surface area (Å²) in [7, 11) is 0. The highest BCUT2D eigenvalue weighted by Gasteiger charge is 2.30.